The molecule has 2 aromatic heterocycles. The highest BCUT2D eigenvalue weighted by atomic mass is 16.2. The molecule has 0 unspecified atom stereocenters. The number of nitrogens with zero attached hydrogens (tertiary/aromatic N) is 1. The predicted octanol–water partition coefficient (Wildman–Crippen LogP) is 4.24. The summed E-state index contributed by atoms with van der Waals surface area (Å²) in [6.07, 6.45) is 8.23. The van der Waals surface area contributed by atoms with Gasteiger partial charge in [0, 0.05) is 17.1 Å². The first kappa shape index (κ1) is 21.5. The predicted molar refractivity (Wildman–Crippen MR) is 135 cm³/mol. The third-order valence-corrected chi connectivity index (χ3v) is 5.96. The lowest BCUT2D eigenvalue weighted by molar-refractivity contribution is -0.123. The van der Waals surface area contributed by atoms with Crippen LogP contribution in [0.5, 0.6) is 0 Å². The quantitative estimate of drug-likeness (QED) is 0.269. The number of carbonyl (C=O) groups is 1. The number of para-hydroxylation sites is 3. The minimum Gasteiger partial charge on any atom is -0.361 e. The van der Waals surface area contributed by atoms with Gasteiger partial charge < -0.3 is 15.3 Å². The van der Waals surface area contributed by atoms with Crippen molar-refractivity contribution in [3.8, 4) is 12.3 Å². The Morgan fingerprint density at radius 3 is 2.50 bits per heavy atom. The van der Waals surface area contributed by atoms with Gasteiger partial charge in [-0.2, -0.15) is 0 Å². The van der Waals surface area contributed by atoms with Crippen LogP contribution in [0.3, 0.4) is 0 Å². The first-order valence-corrected chi connectivity index (χ1v) is 11.2. The largest absolute Gasteiger partial charge is 0.361 e. The Kier molecular flexibility index (Phi) is 6.11. The second kappa shape index (κ2) is 9.65. The number of aromatic nitrogens is 3. The number of hydrogen-bond donors (Lipinski definition) is 4. The molecule has 5 rings (SSSR count). The zero-order chi connectivity index (χ0) is 23.3. The average Bonchev–Trinajstić information content (AvgIpc) is 3.49. The second-order valence-corrected chi connectivity index (χ2v) is 8.22. The summed E-state index contributed by atoms with van der Waals surface area (Å²) in [7, 11) is 0. The number of aromatic amines is 2. The number of nitrogens with one attached hydrogen (secondary N) is 4. The standard InChI is InChI=1S/C28H25N5O/c1-2-22(19-10-4-3-5-11-19)33-28(34)26(16-20-17-29-23-13-7-6-12-21(20)23)30-18-27-31-24-14-8-9-15-25(24)32-27/h1,3-15,17,22,26,29-30H,16,18H2,(H,31,32)(H,33,34)/t22-,26+/m0/s1. The molecule has 0 aliphatic carbocycles. The Labute approximate surface area is 197 Å². The number of carbonyl (C=O) groups excluding carboxylic acids is 1. The van der Waals surface area contributed by atoms with Gasteiger partial charge in [-0.25, -0.2) is 4.98 Å². The van der Waals surface area contributed by atoms with Crippen molar-refractivity contribution in [1.82, 2.24) is 25.6 Å². The number of fused-ring (bicyclic) bond motifs is 2. The molecular weight excluding hydrogens is 422 g/mol. The van der Waals surface area contributed by atoms with E-state index in [1.807, 2.05) is 79.0 Å². The maximum atomic E-state index is 13.4. The zero-order valence-electron chi connectivity index (χ0n) is 18.6. The van der Waals surface area contributed by atoms with Crippen LogP contribution < -0.4 is 10.6 Å². The van der Waals surface area contributed by atoms with E-state index in [-0.39, 0.29) is 5.91 Å². The fourth-order valence-corrected chi connectivity index (χ4v) is 4.20. The highest BCUT2D eigenvalue weighted by molar-refractivity contribution is 5.86. The molecule has 2 heterocycles. The highest BCUT2D eigenvalue weighted by Crippen LogP contribution is 2.20. The van der Waals surface area contributed by atoms with Gasteiger partial charge in [0.25, 0.3) is 0 Å². The molecule has 1 amide bonds. The van der Waals surface area contributed by atoms with Gasteiger partial charge >= 0.3 is 0 Å². The smallest absolute Gasteiger partial charge is 0.238 e. The van der Waals surface area contributed by atoms with E-state index in [0.717, 1.165) is 38.9 Å². The summed E-state index contributed by atoms with van der Waals surface area (Å²) < 4.78 is 0. The lowest BCUT2D eigenvalue weighted by atomic mass is 10.0. The molecule has 5 aromatic rings. The number of terminal acetylenes is 1. The molecule has 0 aliphatic heterocycles. The van der Waals surface area contributed by atoms with Crippen LogP contribution in [-0.4, -0.2) is 26.9 Å². The van der Waals surface area contributed by atoms with Crippen LogP contribution in [0.15, 0.2) is 85.1 Å². The average molecular weight is 448 g/mol. The lowest BCUT2D eigenvalue weighted by Gasteiger charge is -2.21. The fraction of sp³-hybridized carbons (Fsp3) is 0.143. The molecule has 0 saturated carbocycles. The molecule has 0 radical (unpaired) electrons. The van der Waals surface area contributed by atoms with Crippen LogP contribution in [0.1, 0.15) is 23.0 Å². The van der Waals surface area contributed by atoms with Crippen LogP contribution in [0, 0.1) is 12.3 Å². The van der Waals surface area contributed by atoms with E-state index in [9.17, 15) is 4.79 Å². The Bertz CT molecular complexity index is 1430. The summed E-state index contributed by atoms with van der Waals surface area (Å²) in [6, 6.07) is 24.5. The number of benzene rings is 3. The lowest BCUT2D eigenvalue weighted by Crippen LogP contribution is -2.46. The minimum absolute atomic E-state index is 0.159. The topological polar surface area (TPSA) is 85.6 Å². The van der Waals surface area contributed by atoms with Gasteiger partial charge in [0.1, 0.15) is 11.9 Å². The first-order chi connectivity index (χ1) is 16.7. The molecule has 0 spiro atoms. The van der Waals surface area contributed by atoms with Gasteiger partial charge in [0.05, 0.1) is 23.6 Å². The molecule has 168 valence electrons. The van der Waals surface area contributed by atoms with Crippen LogP contribution in [0.2, 0.25) is 0 Å². The van der Waals surface area contributed by atoms with Crippen molar-refractivity contribution in [1.29, 1.82) is 0 Å². The van der Waals surface area contributed by atoms with Crippen molar-refractivity contribution in [2.75, 3.05) is 0 Å². The van der Waals surface area contributed by atoms with Crippen molar-refractivity contribution in [2.24, 2.45) is 0 Å². The van der Waals surface area contributed by atoms with E-state index in [0.29, 0.717) is 13.0 Å². The van der Waals surface area contributed by atoms with Crippen molar-refractivity contribution >= 4 is 27.8 Å². The SMILES string of the molecule is C#C[C@H](NC(=O)[C@@H](Cc1c[nH]c2ccccc12)NCc1nc2ccccc2[nH]1)c1ccccc1. The minimum atomic E-state index is -0.507. The Balaban J connectivity index is 1.38. The van der Waals surface area contributed by atoms with E-state index in [4.69, 9.17) is 6.42 Å². The molecule has 6 heteroatoms. The highest BCUT2D eigenvalue weighted by Gasteiger charge is 2.23. The van der Waals surface area contributed by atoms with Gasteiger partial charge in [-0.3, -0.25) is 10.1 Å². The van der Waals surface area contributed by atoms with Gasteiger partial charge in [-0.05, 0) is 35.7 Å². The van der Waals surface area contributed by atoms with Crippen LogP contribution >= 0.6 is 0 Å². The van der Waals surface area contributed by atoms with E-state index >= 15 is 0 Å². The Hall–Kier alpha value is -4.34. The first-order valence-electron chi connectivity index (χ1n) is 11.2. The van der Waals surface area contributed by atoms with E-state index in [1.54, 1.807) is 0 Å². The van der Waals surface area contributed by atoms with Crippen molar-refractivity contribution in [3.63, 3.8) is 0 Å². The van der Waals surface area contributed by atoms with Crippen molar-refractivity contribution in [3.05, 3.63) is 102 Å². The molecule has 0 aliphatic rings. The third kappa shape index (κ3) is 4.56. The van der Waals surface area contributed by atoms with E-state index in [1.165, 1.54) is 0 Å². The monoisotopic (exact) mass is 447 g/mol. The molecule has 3 aromatic carbocycles. The second-order valence-electron chi connectivity index (χ2n) is 8.22. The van der Waals surface area contributed by atoms with Gasteiger partial charge in [-0.15, -0.1) is 6.42 Å². The van der Waals surface area contributed by atoms with Crippen LogP contribution in [0.4, 0.5) is 0 Å². The summed E-state index contributed by atoms with van der Waals surface area (Å²) in [5.74, 6) is 3.31. The molecule has 4 N–H and O–H groups in total. The fourth-order valence-electron chi connectivity index (χ4n) is 4.20. The van der Waals surface area contributed by atoms with Crippen LogP contribution in [0.25, 0.3) is 21.9 Å². The molecular formula is C28H25N5O. The maximum absolute atomic E-state index is 13.4. The molecule has 0 fully saturated rings. The van der Waals surface area contributed by atoms with Crippen molar-refractivity contribution in [2.45, 2.75) is 25.0 Å². The Morgan fingerprint density at radius 2 is 1.71 bits per heavy atom. The molecule has 2 atom stereocenters. The van der Waals surface area contributed by atoms with E-state index in [2.05, 4.69) is 37.6 Å². The zero-order valence-corrected chi connectivity index (χ0v) is 18.6. The maximum Gasteiger partial charge on any atom is 0.238 e. The number of rotatable bonds is 8. The summed E-state index contributed by atoms with van der Waals surface area (Å²) in [4.78, 5) is 24.7. The number of amides is 1. The van der Waals surface area contributed by atoms with Gasteiger partial charge in [0.15, 0.2) is 0 Å². The van der Waals surface area contributed by atoms with Crippen LogP contribution in [-0.2, 0) is 17.8 Å². The number of hydrogen-bond acceptors (Lipinski definition) is 3. The van der Waals surface area contributed by atoms with Gasteiger partial charge in [0.2, 0.25) is 5.91 Å². The summed E-state index contributed by atoms with van der Waals surface area (Å²) in [5, 5.41) is 7.52. The normalized spacial score (nSPS) is 12.9. The molecule has 6 nitrogen and oxygen atoms in total. The summed E-state index contributed by atoms with van der Waals surface area (Å²) in [6.45, 7) is 0.418. The van der Waals surface area contributed by atoms with Crippen molar-refractivity contribution < 1.29 is 4.79 Å². The molecule has 0 saturated heterocycles. The van der Waals surface area contributed by atoms with Gasteiger partial charge in [-0.1, -0.05) is 66.6 Å². The molecule has 34 heavy (non-hydrogen) atoms. The third-order valence-electron chi connectivity index (χ3n) is 5.96. The number of imidazole rings is 1. The number of H-pyrrole nitrogens is 2. The van der Waals surface area contributed by atoms with E-state index < -0.39 is 12.1 Å². The summed E-state index contributed by atoms with van der Waals surface area (Å²) in [5.41, 5.74) is 4.84. The molecule has 0 bridgehead atoms. The Morgan fingerprint density at radius 1 is 0.971 bits per heavy atom. The summed E-state index contributed by atoms with van der Waals surface area (Å²) >= 11 is 0.